The summed E-state index contributed by atoms with van der Waals surface area (Å²) in [6.07, 6.45) is 2.27. The molecule has 0 aromatic heterocycles. The summed E-state index contributed by atoms with van der Waals surface area (Å²) in [5, 5.41) is 11.9. The molecule has 0 aliphatic carbocycles. The van der Waals surface area contributed by atoms with Crippen LogP contribution in [0.2, 0.25) is 16.6 Å². The summed E-state index contributed by atoms with van der Waals surface area (Å²) in [6.45, 7) is 14.3. The number of carbonyl (C=O) groups is 1. The van der Waals surface area contributed by atoms with Crippen LogP contribution >= 0.6 is 0 Å². The third-order valence-electron chi connectivity index (χ3n) is 3.73. The van der Waals surface area contributed by atoms with Crippen molar-refractivity contribution < 1.29 is 14.2 Å². The monoisotopic (exact) mass is 287 g/mol. The standard InChI is InChI=1S/C14H29NO3Si/c1-11(2)19(12(3)4,13(5)6)18-15(17)10-8-9-14(7)16/h10-13H,8-9H2,1-7H3/b15-10+. The molecule has 0 aliphatic rings. The Balaban J connectivity index is 4.97. The van der Waals surface area contributed by atoms with E-state index in [-0.39, 0.29) is 5.78 Å². The van der Waals surface area contributed by atoms with Crippen LogP contribution < -0.4 is 0 Å². The lowest BCUT2D eigenvalue weighted by molar-refractivity contribution is -0.702. The first-order valence-electron chi connectivity index (χ1n) is 7.12. The van der Waals surface area contributed by atoms with Gasteiger partial charge < -0.3 is 9.32 Å². The number of nitrogens with zero attached hydrogens (tertiary/aromatic N) is 1. The Morgan fingerprint density at radius 2 is 1.58 bits per heavy atom. The predicted octanol–water partition coefficient (Wildman–Crippen LogP) is 4.04. The van der Waals surface area contributed by atoms with Crippen LogP contribution in [0.5, 0.6) is 0 Å². The highest BCUT2D eigenvalue weighted by Crippen LogP contribution is 2.42. The third-order valence-corrected chi connectivity index (χ3v) is 9.64. The molecule has 19 heavy (non-hydrogen) atoms. The summed E-state index contributed by atoms with van der Waals surface area (Å²) < 4.78 is 5.85. The quantitative estimate of drug-likeness (QED) is 0.293. The van der Waals surface area contributed by atoms with Crippen LogP contribution in [-0.2, 0) is 9.32 Å². The highest BCUT2D eigenvalue weighted by atomic mass is 28.4. The van der Waals surface area contributed by atoms with E-state index in [9.17, 15) is 10.0 Å². The van der Waals surface area contributed by atoms with Crippen LogP contribution in [0.1, 0.15) is 61.3 Å². The van der Waals surface area contributed by atoms with Crippen molar-refractivity contribution in [2.24, 2.45) is 0 Å². The second-order valence-electron chi connectivity index (χ2n) is 6.12. The molecule has 0 unspecified atom stereocenters. The van der Waals surface area contributed by atoms with Gasteiger partial charge >= 0.3 is 0 Å². The largest absolute Gasteiger partial charge is 0.442 e. The summed E-state index contributed by atoms with van der Waals surface area (Å²) in [6, 6.07) is 0. The first kappa shape index (κ1) is 18.2. The van der Waals surface area contributed by atoms with E-state index in [1.165, 1.54) is 13.1 Å². The van der Waals surface area contributed by atoms with Crippen molar-refractivity contribution in [1.82, 2.24) is 0 Å². The van der Waals surface area contributed by atoms with Gasteiger partial charge in [-0.3, -0.25) is 5.21 Å². The Bertz CT molecular complexity index is 303. The fourth-order valence-electron chi connectivity index (χ4n) is 2.88. The van der Waals surface area contributed by atoms with E-state index >= 15 is 0 Å². The first-order valence-corrected chi connectivity index (χ1v) is 9.26. The van der Waals surface area contributed by atoms with Crippen molar-refractivity contribution in [3.05, 3.63) is 5.21 Å². The Kier molecular flexibility index (Phi) is 7.33. The van der Waals surface area contributed by atoms with Crippen molar-refractivity contribution in [2.75, 3.05) is 0 Å². The molecule has 0 heterocycles. The maximum Gasteiger partial charge on any atom is 0.209 e. The zero-order valence-electron chi connectivity index (χ0n) is 13.4. The molecule has 0 N–H and O–H groups in total. The Morgan fingerprint density at radius 1 is 1.16 bits per heavy atom. The molecule has 0 aromatic rings. The van der Waals surface area contributed by atoms with Crippen LogP contribution in [0, 0.1) is 5.21 Å². The molecular weight excluding hydrogens is 258 g/mol. The molecule has 0 radical (unpaired) electrons. The van der Waals surface area contributed by atoms with Crippen molar-refractivity contribution >= 4 is 20.3 Å². The lowest BCUT2D eigenvalue weighted by Gasteiger charge is -2.43. The maximum absolute atomic E-state index is 11.9. The van der Waals surface area contributed by atoms with Gasteiger partial charge in [0, 0.05) is 17.7 Å². The molecule has 0 aliphatic heterocycles. The smallest absolute Gasteiger partial charge is 0.209 e. The topological polar surface area (TPSA) is 52.4 Å². The number of Topliss-reactive ketones (excluding diaryl/α,β-unsaturated/α-hetero) is 1. The SMILES string of the molecule is CC(=O)CC/C=[N+](\[O-])O[Si](C(C)C)(C(C)C)C(C)C. The molecular formula is C14H29NO3Si. The van der Waals surface area contributed by atoms with E-state index in [4.69, 9.17) is 4.53 Å². The van der Waals surface area contributed by atoms with Gasteiger partial charge in [-0.1, -0.05) is 41.5 Å². The number of hydrogen-bond acceptors (Lipinski definition) is 3. The lowest BCUT2D eigenvalue weighted by Crippen LogP contribution is -2.49. The van der Waals surface area contributed by atoms with E-state index in [1.807, 2.05) is 0 Å². The van der Waals surface area contributed by atoms with Gasteiger partial charge in [-0.2, -0.15) is 0 Å². The van der Waals surface area contributed by atoms with E-state index in [0.717, 1.165) is 0 Å². The van der Waals surface area contributed by atoms with Crippen LogP contribution in [-0.4, -0.2) is 25.2 Å². The van der Waals surface area contributed by atoms with Gasteiger partial charge in [-0.05, 0) is 23.5 Å². The van der Waals surface area contributed by atoms with Crippen molar-refractivity contribution in [1.29, 1.82) is 0 Å². The normalized spacial score (nSPS) is 13.5. The molecule has 5 heteroatoms. The summed E-state index contributed by atoms with van der Waals surface area (Å²) >= 11 is 0. The van der Waals surface area contributed by atoms with Gasteiger partial charge in [-0.15, -0.1) is 0 Å². The summed E-state index contributed by atoms with van der Waals surface area (Å²) in [5.74, 6) is 0.0877. The number of rotatable bonds is 8. The molecule has 4 nitrogen and oxygen atoms in total. The van der Waals surface area contributed by atoms with E-state index < -0.39 is 8.32 Å². The van der Waals surface area contributed by atoms with E-state index in [2.05, 4.69) is 41.5 Å². The van der Waals surface area contributed by atoms with E-state index in [1.54, 1.807) is 0 Å². The molecule has 0 spiro atoms. The minimum absolute atomic E-state index is 0.0877. The first-order chi connectivity index (χ1) is 8.64. The molecule has 0 atom stereocenters. The average Bonchev–Trinajstić information content (AvgIpc) is 2.23. The Labute approximate surface area is 118 Å². The highest BCUT2D eigenvalue weighted by Gasteiger charge is 2.44. The molecule has 0 saturated carbocycles. The van der Waals surface area contributed by atoms with Crippen LogP contribution in [0.15, 0.2) is 0 Å². The Hall–Kier alpha value is -0.843. The van der Waals surface area contributed by atoms with Crippen molar-refractivity contribution in [2.45, 2.75) is 77.9 Å². The second-order valence-corrected chi connectivity index (χ2v) is 11.5. The predicted molar refractivity (Wildman–Crippen MR) is 81.7 cm³/mol. The maximum atomic E-state index is 11.9. The van der Waals surface area contributed by atoms with Crippen molar-refractivity contribution in [3.8, 4) is 0 Å². The van der Waals surface area contributed by atoms with Crippen LogP contribution in [0.3, 0.4) is 0 Å². The molecule has 112 valence electrons. The van der Waals surface area contributed by atoms with E-state index in [0.29, 0.717) is 34.4 Å². The molecule has 0 bridgehead atoms. The van der Waals surface area contributed by atoms with Gasteiger partial charge in [0.05, 0.1) is 0 Å². The van der Waals surface area contributed by atoms with Gasteiger partial charge in [0.25, 0.3) is 0 Å². The highest BCUT2D eigenvalue weighted by molar-refractivity contribution is 6.77. The van der Waals surface area contributed by atoms with Crippen LogP contribution in [0.4, 0.5) is 0 Å². The summed E-state index contributed by atoms with van der Waals surface area (Å²) in [7, 11) is -2.17. The zero-order valence-corrected chi connectivity index (χ0v) is 14.4. The van der Waals surface area contributed by atoms with Gasteiger partial charge in [0.1, 0.15) is 5.78 Å². The number of ketones is 1. The second kappa shape index (κ2) is 7.67. The van der Waals surface area contributed by atoms with Crippen LogP contribution in [0.25, 0.3) is 0 Å². The summed E-state index contributed by atoms with van der Waals surface area (Å²) in [5.41, 5.74) is 1.10. The third kappa shape index (κ3) is 4.97. The lowest BCUT2D eigenvalue weighted by atomic mass is 10.2. The van der Waals surface area contributed by atoms with Gasteiger partial charge in [0.2, 0.25) is 14.5 Å². The average molecular weight is 287 g/mol. The number of carbonyl (C=O) groups excluding carboxylic acids is 1. The fourth-order valence-corrected chi connectivity index (χ4v) is 7.90. The molecule has 0 saturated heterocycles. The number of hydrogen-bond donors (Lipinski definition) is 0. The molecule has 0 rings (SSSR count). The van der Waals surface area contributed by atoms with Crippen molar-refractivity contribution in [3.63, 3.8) is 0 Å². The minimum Gasteiger partial charge on any atom is -0.442 e. The summed E-state index contributed by atoms with van der Waals surface area (Å²) in [4.78, 5) is 11.5. The zero-order chi connectivity index (χ0) is 15.2. The molecule has 0 amide bonds. The fraction of sp³-hybridized carbons (Fsp3) is 0.857. The molecule has 0 fully saturated rings. The minimum atomic E-state index is -2.17. The van der Waals surface area contributed by atoms with Gasteiger partial charge in [-0.25, -0.2) is 0 Å². The molecule has 0 aromatic carbocycles. The Morgan fingerprint density at radius 3 is 1.89 bits per heavy atom. The van der Waals surface area contributed by atoms with Gasteiger partial charge in [0.15, 0.2) is 0 Å².